The van der Waals surface area contributed by atoms with E-state index in [-0.39, 0.29) is 5.91 Å². The maximum absolute atomic E-state index is 12.1. The highest BCUT2D eigenvalue weighted by Crippen LogP contribution is 2.26. The van der Waals surface area contributed by atoms with Crippen molar-refractivity contribution in [2.75, 3.05) is 25.0 Å². The third-order valence-electron chi connectivity index (χ3n) is 4.01. The van der Waals surface area contributed by atoms with E-state index >= 15 is 0 Å². The van der Waals surface area contributed by atoms with Gasteiger partial charge in [0.25, 0.3) is 0 Å². The van der Waals surface area contributed by atoms with Crippen LogP contribution in [0.3, 0.4) is 0 Å². The highest BCUT2D eigenvalue weighted by Gasteiger charge is 2.21. The molecule has 5 heteroatoms. The van der Waals surface area contributed by atoms with Gasteiger partial charge in [0, 0.05) is 17.8 Å². The van der Waals surface area contributed by atoms with E-state index in [1.54, 1.807) is 0 Å². The number of nitrogens with zero attached hydrogens (tertiary/aromatic N) is 1. The van der Waals surface area contributed by atoms with Gasteiger partial charge in [-0.05, 0) is 49.6 Å². The van der Waals surface area contributed by atoms with Gasteiger partial charge in [0.1, 0.15) is 4.99 Å². The summed E-state index contributed by atoms with van der Waals surface area (Å²) in [6, 6.07) is 7.30. The summed E-state index contributed by atoms with van der Waals surface area (Å²) in [5.74, 6) is 0.807. The molecular formula is C16H23N3OS. The molecule has 1 aliphatic carbocycles. The number of hydrogen-bond donors (Lipinski definition) is 2. The third kappa shape index (κ3) is 4.79. The van der Waals surface area contributed by atoms with E-state index in [9.17, 15) is 4.79 Å². The number of carbonyl (C=O) groups is 1. The molecule has 4 nitrogen and oxygen atoms in total. The average Bonchev–Trinajstić information content (AvgIpc) is 2.41. The van der Waals surface area contributed by atoms with E-state index in [0.29, 0.717) is 11.5 Å². The van der Waals surface area contributed by atoms with Gasteiger partial charge < -0.3 is 11.1 Å². The number of hydrogen-bond acceptors (Lipinski definition) is 3. The zero-order valence-corrected chi connectivity index (χ0v) is 13.3. The molecule has 0 unspecified atom stereocenters. The van der Waals surface area contributed by atoms with Crippen molar-refractivity contribution in [1.29, 1.82) is 0 Å². The molecule has 3 N–H and O–H groups in total. The Labute approximate surface area is 131 Å². The van der Waals surface area contributed by atoms with Gasteiger partial charge in [-0.25, -0.2) is 0 Å². The van der Waals surface area contributed by atoms with Crippen LogP contribution in [0.5, 0.6) is 0 Å². The second-order valence-corrected chi connectivity index (χ2v) is 6.05. The van der Waals surface area contributed by atoms with E-state index in [1.807, 2.05) is 24.3 Å². The Kier molecular flexibility index (Phi) is 5.70. The summed E-state index contributed by atoms with van der Waals surface area (Å²) < 4.78 is 0. The topological polar surface area (TPSA) is 58.4 Å². The molecule has 1 aromatic rings. The summed E-state index contributed by atoms with van der Waals surface area (Å²) in [6.45, 7) is 4.49. The van der Waals surface area contributed by atoms with Gasteiger partial charge in [-0.3, -0.25) is 9.69 Å². The lowest BCUT2D eigenvalue weighted by Crippen LogP contribution is -2.38. The Morgan fingerprint density at radius 3 is 2.52 bits per heavy atom. The van der Waals surface area contributed by atoms with Crippen LogP contribution in [0.2, 0.25) is 0 Å². The molecule has 0 atom stereocenters. The molecule has 1 aliphatic rings. The van der Waals surface area contributed by atoms with Crippen LogP contribution in [-0.4, -0.2) is 35.4 Å². The number of carbonyl (C=O) groups excluding carboxylic acids is 1. The first-order valence-electron chi connectivity index (χ1n) is 7.50. The Bertz CT molecular complexity index is 497. The van der Waals surface area contributed by atoms with Crippen molar-refractivity contribution in [3.05, 3.63) is 29.8 Å². The van der Waals surface area contributed by atoms with Gasteiger partial charge in [0.2, 0.25) is 5.91 Å². The van der Waals surface area contributed by atoms with Crippen molar-refractivity contribution in [3.8, 4) is 0 Å². The van der Waals surface area contributed by atoms with E-state index in [0.717, 1.165) is 30.3 Å². The molecule has 0 heterocycles. The second kappa shape index (κ2) is 7.52. The van der Waals surface area contributed by atoms with Crippen LogP contribution in [0.25, 0.3) is 0 Å². The van der Waals surface area contributed by atoms with Gasteiger partial charge >= 0.3 is 0 Å². The number of thiocarbonyl (C=S) groups is 1. The summed E-state index contributed by atoms with van der Waals surface area (Å²) in [4.78, 5) is 14.7. The number of likely N-dealkylation sites (N-methyl/N-ethyl adjacent to an activating group) is 1. The zero-order valence-electron chi connectivity index (χ0n) is 12.5. The predicted molar refractivity (Wildman–Crippen MR) is 90.4 cm³/mol. The SMILES string of the molecule is CCN(CC(=O)Nc1ccc(C(N)=S)cc1)CC1CCC1. The first kappa shape index (κ1) is 15.9. The molecule has 1 fully saturated rings. The summed E-state index contributed by atoms with van der Waals surface area (Å²) >= 11 is 4.91. The first-order chi connectivity index (χ1) is 10.1. The summed E-state index contributed by atoms with van der Waals surface area (Å²) in [6.07, 6.45) is 3.95. The van der Waals surface area contributed by atoms with Gasteiger partial charge in [-0.1, -0.05) is 25.6 Å². The molecule has 0 bridgehead atoms. The quantitative estimate of drug-likeness (QED) is 0.759. The highest BCUT2D eigenvalue weighted by atomic mass is 32.1. The molecule has 0 saturated heterocycles. The molecule has 0 spiro atoms. The lowest BCUT2D eigenvalue weighted by molar-refractivity contribution is -0.117. The van der Waals surface area contributed by atoms with Crippen LogP contribution >= 0.6 is 12.2 Å². The minimum Gasteiger partial charge on any atom is -0.389 e. The Morgan fingerprint density at radius 1 is 1.38 bits per heavy atom. The lowest BCUT2D eigenvalue weighted by atomic mass is 9.85. The van der Waals surface area contributed by atoms with Crippen molar-refractivity contribution in [2.24, 2.45) is 11.7 Å². The summed E-state index contributed by atoms with van der Waals surface area (Å²) in [5.41, 5.74) is 7.14. The molecule has 0 aliphatic heterocycles. The van der Waals surface area contributed by atoms with Crippen molar-refractivity contribution in [3.63, 3.8) is 0 Å². The summed E-state index contributed by atoms with van der Waals surface area (Å²) in [5, 5.41) is 2.92. The normalized spacial score (nSPS) is 14.8. The fourth-order valence-corrected chi connectivity index (χ4v) is 2.60. The van der Waals surface area contributed by atoms with E-state index < -0.39 is 0 Å². The van der Waals surface area contributed by atoms with Gasteiger partial charge in [0.05, 0.1) is 6.54 Å². The van der Waals surface area contributed by atoms with Crippen LogP contribution < -0.4 is 11.1 Å². The number of anilines is 1. The Hall–Kier alpha value is -1.46. The standard InChI is InChI=1S/C16H23N3OS/c1-2-19(10-12-4-3-5-12)11-15(20)18-14-8-6-13(7-9-14)16(17)21/h6-9,12H,2-5,10-11H2,1H3,(H2,17,21)(H,18,20). The van der Waals surface area contributed by atoms with Crippen LogP contribution in [0, 0.1) is 5.92 Å². The molecule has 2 rings (SSSR count). The van der Waals surface area contributed by atoms with Crippen LogP contribution in [0.15, 0.2) is 24.3 Å². The molecule has 1 saturated carbocycles. The van der Waals surface area contributed by atoms with Gasteiger partial charge in [-0.15, -0.1) is 0 Å². The van der Waals surface area contributed by atoms with Gasteiger partial charge in [-0.2, -0.15) is 0 Å². The maximum Gasteiger partial charge on any atom is 0.238 e. The van der Waals surface area contributed by atoms with E-state index in [2.05, 4.69) is 17.1 Å². The third-order valence-corrected chi connectivity index (χ3v) is 4.24. The van der Waals surface area contributed by atoms with Crippen LogP contribution in [0.1, 0.15) is 31.7 Å². The maximum atomic E-state index is 12.1. The number of amides is 1. The molecule has 0 radical (unpaired) electrons. The number of benzene rings is 1. The van der Waals surface area contributed by atoms with Crippen molar-refractivity contribution in [1.82, 2.24) is 4.90 Å². The average molecular weight is 305 g/mol. The zero-order chi connectivity index (χ0) is 15.2. The molecular weight excluding hydrogens is 282 g/mol. The van der Waals surface area contributed by atoms with Crippen molar-refractivity contribution < 1.29 is 4.79 Å². The van der Waals surface area contributed by atoms with E-state index in [4.69, 9.17) is 18.0 Å². The molecule has 1 aromatic carbocycles. The molecule has 114 valence electrons. The number of nitrogens with two attached hydrogens (primary N) is 1. The lowest BCUT2D eigenvalue weighted by Gasteiger charge is -2.31. The summed E-state index contributed by atoms with van der Waals surface area (Å²) in [7, 11) is 0. The highest BCUT2D eigenvalue weighted by molar-refractivity contribution is 7.80. The fraction of sp³-hybridized carbons (Fsp3) is 0.500. The smallest absolute Gasteiger partial charge is 0.238 e. The number of nitrogens with one attached hydrogen (secondary N) is 1. The van der Waals surface area contributed by atoms with Crippen molar-refractivity contribution >= 4 is 28.8 Å². The molecule has 0 aromatic heterocycles. The molecule has 1 amide bonds. The van der Waals surface area contributed by atoms with Crippen LogP contribution in [-0.2, 0) is 4.79 Å². The fourth-order valence-electron chi connectivity index (χ4n) is 2.47. The predicted octanol–water partition coefficient (Wildman–Crippen LogP) is 2.38. The van der Waals surface area contributed by atoms with Gasteiger partial charge in [0.15, 0.2) is 0 Å². The minimum atomic E-state index is 0.0271. The number of rotatable bonds is 7. The van der Waals surface area contributed by atoms with E-state index in [1.165, 1.54) is 19.3 Å². The largest absolute Gasteiger partial charge is 0.389 e. The molecule has 21 heavy (non-hydrogen) atoms. The van der Waals surface area contributed by atoms with Crippen LogP contribution in [0.4, 0.5) is 5.69 Å². The monoisotopic (exact) mass is 305 g/mol. The Balaban J connectivity index is 1.83. The second-order valence-electron chi connectivity index (χ2n) is 5.61. The Morgan fingerprint density at radius 2 is 2.05 bits per heavy atom. The minimum absolute atomic E-state index is 0.0271. The van der Waals surface area contributed by atoms with Crippen molar-refractivity contribution in [2.45, 2.75) is 26.2 Å². The first-order valence-corrected chi connectivity index (χ1v) is 7.91.